The molecule has 1 saturated heterocycles. The Balaban J connectivity index is 1.81. The van der Waals surface area contributed by atoms with Crippen molar-refractivity contribution in [1.29, 1.82) is 0 Å². The van der Waals surface area contributed by atoms with Crippen LogP contribution in [0.3, 0.4) is 0 Å². The zero-order chi connectivity index (χ0) is 15.5. The Hall–Kier alpha value is -1.72. The van der Waals surface area contributed by atoms with Crippen molar-refractivity contribution in [3.8, 4) is 11.1 Å². The molecule has 1 amide bonds. The second kappa shape index (κ2) is 6.58. The summed E-state index contributed by atoms with van der Waals surface area (Å²) in [4.78, 5) is 14.9. The molecule has 3 rings (SSSR count). The van der Waals surface area contributed by atoms with Crippen LogP contribution >= 0.6 is 11.3 Å². The fraction of sp³-hybridized carbons (Fsp3) is 0.353. The van der Waals surface area contributed by atoms with E-state index in [-0.39, 0.29) is 11.7 Å². The number of ether oxygens (including phenoxy) is 1. The minimum Gasteiger partial charge on any atom is -0.378 e. The second-order valence-corrected chi connectivity index (χ2v) is 6.18. The molecule has 1 aromatic heterocycles. The van der Waals surface area contributed by atoms with Crippen LogP contribution in [0.25, 0.3) is 11.1 Å². The summed E-state index contributed by atoms with van der Waals surface area (Å²) in [7, 11) is 0. The van der Waals surface area contributed by atoms with Gasteiger partial charge in [0.15, 0.2) is 0 Å². The minimum absolute atomic E-state index is 0.0326. The first-order valence-electron chi connectivity index (χ1n) is 7.43. The molecule has 0 N–H and O–H groups in total. The molecule has 3 nitrogen and oxygen atoms in total. The number of hydrogen-bond acceptors (Lipinski definition) is 3. The molecule has 0 atom stereocenters. The Morgan fingerprint density at radius 1 is 1.27 bits per heavy atom. The van der Waals surface area contributed by atoms with Crippen molar-refractivity contribution >= 4 is 17.2 Å². The van der Waals surface area contributed by atoms with Gasteiger partial charge in [0.2, 0.25) is 0 Å². The maximum absolute atomic E-state index is 13.9. The predicted octanol–water partition coefficient (Wildman–Crippen LogP) is 3.59. The molecule has 0 aliphatic carbocycles. The summed E-state index contributed by atoms with van der Waals surface area (Å²) in [5, 5.41) is 1.91. The number of carbonyl (C=O) groups excluding carboxylic acids is 1. The fourth-order valence-corrected chi connectivity index (χ4v) is 3.42. The van der Waals surface area contributed by atoms with Crippen LogP contribution in [0, 0.1) is 5.82 Å². The number of nitrogens with zero attached hydrogens (tertiary/aromatic N) is 1. The van der Waals surface area contributed by atoms with Crippen molar-refractivity contribution in [2.24, 2.45) is 0 Å². The third-order valence-electron chi connectivity index (χ3n) is 3.88. The van der Waals surface area contributed by atoms with Gasteiger partial charge in [-0.1, -0.05) is 19.1 Å². The van der Waals surface area contributed by atoms with Gasteiger partial charge in [-0.2, -0.15) is 0 Å². The zero-order valence-corrected chi connectivity index (χ0v) is 13.3. The average molecular weight is 319 g/mol. The van der Waals surface area contributed by atoms with Gasteiger partial charge < -0.3 is 9.64 Å². The summed E-state index contributed by atoms with van der Waals surface area (Å²) in [5.41, 5.74) is 2.42. The average Bonchev–Trinajstić information content (AvgIpc) is 3.05. The lowest BCUT2D eigenvalue weighted by molar-refractivity contribution is 0.0306. The van der Waals surface area contributed by atoms with Crippen LogP contribution in [0.4, 0.5) is 4.39 Å². The number of thiophene rings is 1. The minimum atomic E-state index is -0.188. The zero-order valence-electron chi connectivity index (χ0n) is 12.5. The molecule has 1 aliphatic rings. The van der Waals surface area contributed by atoms with Gasteiger partial charge in [-0.3, -0.25) is 4.79 Å². The number of morpholine rings is 1. The van der Waals surface area contributed by atoms with Crippen LogP contribution in [0.2, 0.25) is 0 Å². The third kappa shape index (κ3) is 3.05. The Morgan fingerprint density at radius 2 is 2.05 bits per heavy atom. The third-order valence-corrected chi connectivity index (χ3v) is 4.79. The number of aryl methyl sites for hydroxylation is 1. The highest BCUT2D eigenvalue weighted by Gasteiger charge is 2.20. The molecular formula is C17H18FNO2S. The Labute approximate surface area is 133 Å². The van der Waals surface area contributed by atoms with Gasteiger partial charge >= 0.3 is 0 Å². The topological polar surface area (TPSA) is 29.5 Å². The normalized spacial score (nSPS) is 15.1. The lowest BCUT2D eigenvalue weighted by Gasteiger charge is -2.26. The van der Waals surface area contributed by atoms with Gasteiger partial charge in [0.1, 0.15) is 5.82 Å². The van der Waals surface area contributed by atoms with Crippen molar-refractivity contribution in [3.63, 3.8) is 0 Å². The Kier molecular flexibility index (Phi) is 4.55. The maximum atomic E-state index is 13.9. The molecule has 0 bridgehead atoms. The monoisotopic (exact) mass is 319 g/mol. The van der Waals surface area contributed by atoms with Gasteiger partial charge in [0.05, 0.1) is 18.1 Å². The number of amides is 1. The Bertz CT molecular complexity index is 677. The van der Waals surface area contributed by atoms with E-state index in [0.717, 1.165) is 11.1 Å². The number of carbonyl (C=O) groups is 1. The van der Waals surface area contributed by atoms with Gasteiger partial charge in [-0.05, 0) is 40.6 Å². The van der Waals surface area contributed by atoms with Crippen molar-refractivity contribution < 1.29 is 13.9 Å². The highest BCUT2D eigenvalue weighted by atomic mass is 32.1. The predicted molar refractivity (Wildman–Crippen MR) is 85.8 cm³/mol. The van der Waals surface area contributed by atoms with E-state index in [4.69, 9.17) is 4.74 Å². The van der Waals surface area contributed by atoms with E-state index in [1.54, 1.807) is 11.0 Å². The molecule has 0 unspecified atom stereocenters. The largest absolute Gasteiger partial charge is 0.378 e. The van der Waals surface area contributed by atoms with E-state index in [1.165, 1.54) is 11.3 Å². The summed E-state index contributed by atoms with van der Waals surface area (Å²) >= 11 is 1.41. The van der Waals surface area contributed by atoms with Crippen molar-refractivity contribution in [3.05, 3.63) is 45.9 Å². The maximum Gasteiger partial charge on any atom is 0.264 e. The number of benzene rings is 1. The van der Waals surface area contributed by atoms with E-state index in [1.807, 2.05) is 30.5 Å². The van der Waals surface area contributed by atoms with Crippen LogP contribution in [-0.4, -0.2) is 37.1 Å². The van der Waals surface area contributed by atoms with Crippen LogP contribution in [0.15, 0.2) is 29.6 Å². The highest BCUT2D eigenvalue weighted by Crippen LogP contribution is 2.28. The molecule has 1 aliphatic heterocycles. The molecule has 0 saturated carbocycles. The van der Waals surface area contributed by atoms with Crippen molar-refractivity contribution in [1.82, 2.24) is 4.90 Å². The lowest BCUT2D eigenvalue weighted by atomic mass is 10.0. The van der Waals surface area contributed by atoms with Gasteiger partial charge in [-0.15, -0.1) is 11.3 Å². The molecule has 0 radical (unpaired) electrons. The quantitative estimate of drug-likeness (QED) is 0.865. The first kappa shape index (κ1) is 15.2. The standard InChI is InChI=1S/C17H18FNO2S/c1-2-12-3-4-13(9-15(12)18)14-10-16(22-11-14)17(20)19-5-7-21-8-6-19/h3-4,9-11H,2,5-8H2,1H3. The van der Waals surface area contributed by atoms with Crippen LogP contribution in [0.1, 0.15) is 22.2 Å². The van der Waals surface area contributed by atoms with Gasteiger partial charge in [-0.25, -0.2) is 4.39 Å². The van der Waals surface area contributed by atoms with Crippen molar-refractivity contribution in [2.45, 2.75) is 13.3 Å². The smallest absolute Gasteiger partial charge is 0.264 e. The van der Waals surface area contributed by atoms with Crippen molar-refractivity contribution in [2.75, 3.05) is 26.3 Å². The molecule has 1 aromatic carbocycles. The van der Waals surface area contributed by atoms with Crippen LogP contribution in [-0.2, 0) is 11.2 Å². The SMILES string of the molecule is CCc1ccc(-c2csc(C(=O)N3CCOCC3)c2)cc1F. The molecular weight excluding hydrogens is 301 g/mol. The summed E-state index contributed by atoms with van der Waals surface area (Å²) in [6.07, 6.45) is 0.677. The molecule has 2 aromatic rings. The first-order chi connectivity index (χ1) is 10.7. The number of hydrogen-bond donors (Lipinski definition) is 0. The van der Waals surface area contributed by atoms with Crippen LogP contribution < -0.4 is 0 Å². The Morgan fingerprint density at radius 3 is 2.73 bits per heavy atom. The second-order valence-electron chi connectivity index (χ2n) is 5.26. The highest BCUT2D eigenvalue weighted by molar-refractivity contribution is 7.12. The van der Waals surface area contributed by atoms with Gasteiger partial charge in [0.25, 0.3) is 5.91 Å². The molecule has 1 fully saturated rings. The molecule has 0 spiro atoms. The van der Waals surface area contributed by atoms with Gasteiger partial charge in [0, 0.05) is 13.1 Å². The molecule has 2 heterocycles. The summed E-state index contributed by atoms with van der Waals surface area (Å²) in [6.45, 7) is 4.38. The number of rotatable bonds is 3. The summed E-state index contributed by atoms with van der Waals surface area (Å²) < 4.78 is 19.2. The lowest BCUT2D eigenvalue weighted by Crippen LogP contribution is -2.40. The number of halogens is 1. The van der Waals surface area contributed by atoms with E-state index in [2.05, 4.69) is 0 Å². The molecule has 116 valence electrons. The van der Waals surface area contributed by atoms with Crippen LogP contribution in [0.5, 0.6) is 0 Å². The van der Waals surface area contributed by atoms with E-state index < -0.39 is 0 Å². The summed E-state index contributed by atoms with van der Waals surface area (Å²) in [6, 6.07) is 7.12. The van der Waals surface area contributed by atoms with E-state index >= 15 is 0 Å². The molecule has 5 heteroatoms. The van der Waals surface area contributed by atoms with E-state index in [9.17, 15) is 9.18 Å². The fourth-order valence-electron chi connectivity index (χ4n) is 2.54. The molecule has 22 heavy (non-hydrogen) atoms. The summed E-state index contributed by atoms with van der Waals surface area (Å²) in [5.74, 6) is -0.155. The first-order valence-corrected chi connectivity index (χ1v) is 8.31. The van der Waals surface area contributed by atoms with E-state index in [0.29, 0.717) is 43.2 Å².